The molecule has 5 rings (SSSR count). The zero-order chi connectivity index (χ0) is 31.1. The molecule has 3 unspecified atom stereocenters. The molecule has 3 atom stereocenters. The van der Waals surface area contributed by atoms with E-state index in [0.29, 0.717) is 0 Å². The van der Waals surface area contributed by atoms with Crippen molar-refractivity contribution in [2.75, 3.05) is 32.7 Å². The van der Waals surface area contributed by atoms with Crippen molar-refractivity contribution in [3.8, 4) is 5.88 Å². The average Bonchev–Trinajstić information content (AvgIpc) is 3.60. The first-order chi connectivity index (χ1) is 21.3. The number of nitrogens with two attached hydrogens (primary N) is 1. The largest absolute Gasteiger partial charge is 0.493 e. The predicted octanol–water partition coefficient (Wildman–Crippen LogP) is 1.93. The number of benzene rings is 2. The van der Waals surface area contributed by atoms with Crippen LogP contribution in [0, 0.1) is 0 Å². The Labute approximate surface area is 256 Å². The smallest absolute Gasteiger partial charge is 0.410 e. The topological polar surface area (TPSA) is 162 Å². The molecular weight excluding hydrogens is 564 g/mol. The van der Waals surface area contributed by atoms with Crippen molar-refractivity contribution < 1.29 is 29.3 Å². The summed E-state index contributed by atoms with van der Waals surface area (Å²) in [5.41, 5.74) is 7.99. The van der Waals surface area contributed by atoms with Gasteiger partial charge in [-0.1, -0.05) is 42.5 Å². The maximum absolute atomic E-state index is 13.6. The van der Waals surface area contributed by atoms with Crippen LogP contribution < -0.4 is 11.1 Å². The van der Waals surface area contributed by atoms with Gasteiger partial charge in [-0.25, -0.2) is 9.78 Å². The van der Waals surface area contributed by atoms with Crippen LogP contribution in [0.1, 0.15) is 36.8 Å². The number of amides is 3. The number of rotatable bonds is 10. The lowest BCUT2D eigenvalue weighted by Gasteiger charge is -2.43. The number of aromatic nitrogens is 1. The van der Waals surface area contributed by atoms with E-state index < -0.39 is 24.4 Å². The molecule has 2 aromatic carbocycles. The molecule has 3 aromatic rings. The van der Waals surface area contributed by atoms with E-state index in [1.165, 1.54) is 9.80 Å². The Balaban J connectivity index is 1.25. The quantitative estimate of drug-likeness (QED) is 0.254. The highest BCUT2D eigenvalue weighted by Gasteiger charge is 2.39. The van der Waals surface area contributed by atoms with Gasteiger partial charge in [0.15, 0.2) is 0 Å². The first-order valence-corrected chi connectivity index (χ1v) is 15.1. The van der Waals surface area contributed by atoms with Gasteiger partial charge in [0.05, 0.1) is 12.1 Å². The zero-order valence-corrected chi connectivity index (χ0v) is 24.7. The van der Waals surface area contributed by atoms with Gasteiger partial charge in [0, 0.05) is 63.3 Å². The molecule has 2 aliphatic rings. The number of fused-ring (bicyclic) bond motifs is 1. The summed E-state index contributed by atoms with van der Waals surface area (Å²) in [4.78, 5) is 47.8. The molecule has 0 radical (unpaired) electrons. The van der Waals surface area contributed by atoms with Crippen LogP contribution in [0.5, 0.6) is 5.88 Å². The fourth-order valence-electron chi connectivity index (χ4n) is 5.72. The number of likely N-dealkylation sites (tertiary alicyclic amines) is 1. The van der Waals surface area contributed by atoms with Crippen LogP contribution in [0.15, 0.2) is 60.8 Å². The van der Waals surface area contributed by atoms with Crippen molar-refractivity contribution in [2.45, 2.75) is 57.1 Å². The van der Waals surface area contributed by atoms with Crippen LogP contribution >= 0.6 is 0 Å². The lowest BCUT2D eigenvalue weighted by Crippen LogP contribution is -2.65. The van der Waals surface area contributed by atoms with Crippen molar-refractivity contribution in [3.05, 3.63) is 71.9 Å². The number of pyridine rings is 1. The zero-order valence-electron chi connectivity index (χ0n) is 24.7. The Hall–Kier alpha value is -4.26. The average molecular weight is 605 g/mol. The van der Waals surface area contributed by atoms with E-state index in [1.807, 2.05) is 48.5 Å². The minimum Gasteiger partial charge on any atom is -0.493 e. The molecule has 12 heteroatoms. The summed E-state index contributed by atoms with van der Waals surface area (Å²) in [6, 6.07) is 14.8. The van der Waals surface area contributed by atoms with Crippen molar-refractivity contribution in [2.24, 2.45) is 5.73 Å². The molecular formula is C32H40N6O6. The number of aliphatic hydroxyl groups is 1. The third-order valence-corrected chi connectivity index (χ3v) is 8.26. The molecule has 3 amide bonds. The third kappa shape index (κ3) is 7.81. The van der Waals surface area contributed by atoms with E-state index in [2.05, 4.69) is 10.3 Å². The second-order valence-electron chi connectivity index (χ2n) is 11.4. The lowest BCUT2D eigenvalue weighted by molar-refractivity contribution is -0.142. The van der Waals surface area contributed by atoms with Gasteiger partial charge in [-0.3, -0.25) is 14.9 Å². The van der Waals surface area contributed by atoms with Gasteiger partial charge in [0.2, 0.25) is 17.7 Å². The Kier molecular flexibility index (Phi) is 10.3. The van der Waals surface area contributed by atoms with Crippen molar-refractivity contribution in [1.82, 2.24) is 25.0 Å². The number of aliphatic hydroxyl groups excluding tert-OH is 1. The van der Waals surface area contributed by atoms with Crippen molar-refractivity contribution in [1.29, 1.82) is 0 Å². The van der Waals surface area contributed by atoms with Crippen LogP contribution in [0.25, 0.3) is 10.8 Å². The Morgan fingerprint density at radius 3 is 2.52 bits per heavy atom. The van der Waals surface area contributed by atoms with Gasteiger partial charge in [-0.15, -0.1) is 0 Å². The minimum absolute atomic E-state index is 0.00512. The molecule has 12 nitrogen and oxygen atoms in total. The maximum atomic E-state index is 13.6. The molecule has 0 bridgehead atoms. The SMILES string of the molecule is NC(CCC(=O)N1CCCC1)C(=O)N1CCN(C(=O)OCc2ccccc2)CC1C(O)NCc1ccc2cnc(O)cc2c1. The molecule has 2 aliphatic heterocycles. The van der Waals surface area contributed by atoms with Crippen LogP contribution in [0.3, 0.4) is 0 Å². The first-order valence-electron chi connectivity index (χ1n) is 15.1. The number of hydrogen-bond donors (Lipinski definition) is 4. The van der Waals surface area contributed by atoms with Gasteiger partial charge >= 0.3 is 6.09 Å². The highest BCUT2D eigenvalue weighted by molar-refractivity contribution is 5.84. The van der Waals surface area contributed by atoms with E-state index in [-0.39, 0.29) is 63.3 Å². The Morgan fingerprint density at radius 1 is 0.977 bits per heavy atom. The fourth-order valence-corrected chi connectivity index (χ4v) is 5.72. The fraction of sp³-hybridized carbons (Fsp3) is 0.438. The molecule has 234 valence electrons. The summed E-state index contributed by atoms with van der Waals surface area (Å²) >= 11 is 0. The van der Waals surface area contributed by atoms with E-state index in [9.17, 15) is 24.6 Å². The lowest BCUT2D eigenvalue weighted by atomic mass is 10.0. The Morgan fingerprint density at radius 2 is 1.75 bits per heavy atom. The van der Waals surface area contributed by atoms with Gasteiger partial charge in [-0.05, 0) is 41.8 Å². The van der Waals surface area contributed by atoms with Crippen LogP contribution in [-0.2, 0) is 27.5 Å². The van der Waals surface area contributed by atoms with E-state index >= 15 is 0 Å². The Bertz CT molecular complexity index is 1450. The number of carbonyl (C=O) groups is 3. The summed E-state index contributed by atoms with van der Waals surface area (Å²) in [7, 11) is 0. The van der Waals surface area contributed by atoms with Crippen molar-refractivity contribution >= 4 is 28.7 Å². The van der Waals surface area contributed by atoms with Crippen LogP contribution in [0.2, 0.25) is 0 Å². The molecule has 3 heterocycles. The maximum Gasteiger partial charge on any atom is 0.410 e. The highest BCUT2D eigenvalue weighted by atomic mass is 16.6. The third-order valence-electron chi connectivity index (χ3n) is 8.26. The van der Waals surface area contributed by atoms with Gasteiger partial charge < -0.3 is 35.4 Å². The minimum atomic E-state index is -1.20. The summed E-state index contributed by atoms with van der Waals surface area (Å²) in [5.74, 6) is -0.470. The number of nitrogens with one attached hydrogen (secondary N) is 1. The predicted molar refractivity (Wildman–Crippen MR) is 163 cm³/mol. The van der Waals surface area contributed by atoms with E-state index in [1.54, 1.807) is 17.2 Å². The number of piperazine rings is 1. The second-order valence-corrected chi connectivity index (χ2v) is 11.4. The van der Waals surface area contributed by atoms with Gasteiger partial charge in [0.25, 0.3) is 0 Å². The van der Waals surface area contributed by atoms with Crippen LogP contribution in [-0.4, -0.2) is 98.8 Å². The molecule has 44 heavy (non-hydrogen) atoms. The summed E-state index contributed by atoms with van der Waals surface area (Å²) in [5, 5.41) is 25.8. The molecule has 2 saturated heterocycles. The number of carbonyl (C=O) groups excluding carboxylic acids is 3. The van der Waals surface area contributed by atoms with Crippen molar-refractivity contribution in [3.63, 3.8) is 0 Å². The van der Waals surface area contributed by atoms with Gasteiger partial charge in [-0.2, -0.15) is 0 Å². The van der Waals surface area contributed by atoms with Crippen LogP contribution in [0.4, 0.5) is 4.79 Å². The van der Waals surface area contributed by atoms with Gasteiger partial charge in [0.1, 0.15) is 12.8 Å². The summed E-state index contributed by atoms with van der Waals surface area (Å²) in [6.45, 7) is 2.23. The monoisotopic (exact) mass is 604 g/mol. The first kappa shape index (κ1) is 31.2. The number of aromatic hydroxyl groups is 1. The normalized spacial score (nSPS) is 18.3. The van der Waals surface area contributed by atoms with E-state index in [4.69, 9.17) is 10.5 Å². The summed E-state index contributed by atoms with van der Waals surface area (Å²) in [6.07, 6.45) is 2.18. The number of hydrogen-bond acceptors (Lipinski definition) is 9. The molecule has 1 aromatic heterocycles. The molecule has 0 spiro atoms. The molecule has 0 aliphatic carbocycles. The van der Waals surface area contributed by atoms with E-state index in [0.717, 1.165) is 47.8 Å². The standard InChI is InChI=1S/C32H40N6O6/c33-26(10-11-29(40)36-12-4-5-13-36)31(42)38-15-14-37(32(43)44-21-22-6-2-1-3-7-22)20-27(38)30(41)35-18-23-8-9-24-19-34-28(39)17-25(24)16-23/h1-3,6-9,16-17,19,26-27,30,35,41H,4-5,10-15,18,20-21,33H2,(H,34,39). The number of nitrogens with zero attached hydrogens (tertiary/aromatic N) is 4. The number of ether oxygens (including phenoxy) is 1. The molecule has 5 N–H and O–H groups in total. The summed E-state index contributed by atoms with van der Waals surface area (Å²) < 4.78 is 5.52. The molecule has 0 saturated carbocycles. The highest BCUT2D eigenvalue weighted by Crippen LogP contribution is 2.21. The molecule has 2 fully saturated rings. The second kappa shape index (κ2) is 14.5.